The van der Waals surface area contributed by atoms with Gasteiger partial charge in [-0.3, -0.25) is 19.2 Å². The second-order valence-corrected chi connectivity index (χ2v) is 13.3. The summed E-state index contributed by atoms with van der Waals surface area (Å²) in [6.07, 6.45) is 3.62. The van der Waals surface area contributed by atoms with Gasteiger partial charge in [0.2, 0.25) is 5.91 Å². The smallest absolute Gasteiger partial charge is 0.314 e. The molecule has 1 fully saturated rings. The SMILES string of the molecule is CCC(CC)(C(=O)OCc1ccccc1)[C@H]1CC[C@@H](c2cc(F)cc(Cl)c2)N1C(=O)[C@@H](C)NC(=O)c1ccc(Cc2ccn[nH]c2=O)c(C)c1. The van der Waals surface area contributed by atoms with Crippen LogP contribution >= 0.6 is 11.6 Å². The van der Waals surface area contributed by atoms with Crippen LogP contribution in [0.4, 0.5) is 4.39 Å². The van der Waals surface area contributed by atoms with Crippen molar-refractivity contribution in [3.8, 4) is 0 Å². The van der Waals surface area contributed by atoms with Crippen LogP contribution in [0.5, 0.6) is 0 Å². The van der Waals surface area contributed by atoms with Gasteiger partial charge < -0.3 is 15.0 Å². The molecule has 0 aliphatic carbocycles. The molecule has 1 saturated heterocycles. The highest BCUT2D eigenvalue weighted by atomic mass is 35.5. The summed E-state index contributed by atoms with van der Waals surface area (Å²) in [6.45, 7) is 7.37. The van der Waals surface area contributed by atoms with E-state index in [0.717, 1.165) is 16.7 Å². The summed E-state index contributed by atoms with van der Waals surface area (Å²) in [5, 5.41) is 9.21. The molecule has 262 valence electrons. The summed E-state index contributed by atoms with van der Waals surface area (Å²) < 4.78 is 20.5. The second kappa shape index (κ2) is 15.8. The molecule has 2 amide bonds. The molecule has 0 spiro atoms. The highest BCUT2D eigenvalue weighted by Gasteiger charge is 2.53. The number of rotatable bonds is 12. The van der Waals surface area contributed by atoms with E-state index < -0.39 is 47.1 Å². The Morgan fingerprint density at radius 2 is 1.78 bits per heavy atom. The van der Waals surface area contributed by atoms with Gasteiger partial charge in [0, 0.05) is 34.8 Å². The van der Waals surface area contributed by atoms with Crippen LogP contribution < -0.4 is 10.9 Å². The van der Waals surface area contributed by atoms with Crippen molar-refractivity contribution >= 4 is 29.4 Å². The number of H-pyrrole nitrogens is 1. The van der Waals surface area contributed by atoms with Gasteiger partial charge in [0.15, 0.2) is 0 Å². The normalized spacial score (nSPS) is 16.6. The van der Waals surface area contributed by atoms with E-state index in [9.17, 15) is 23.6 Å². The second-order valence-electron chi connectivity index (χ2n) is 12.9. The number of hydrogen-bond acceptors (Lipinski definition) is 6. The Morgan fingerprint density at radius 3 is 2.44 bits per heavy atom. The van der Waals surface area contributed by atoms with E-state index in [4.69, 9.17) is 16.3 Å². The first kappa shape index (κ1) is 36.5. The van der Waals surface area contributed by atoms with Gasteiger partial charge in [0.1, 0.15) is 18.5 Å². The van der Waals surface area contributed by atoms with Gasteiger partial charge in [-0.15, -0.1) is 0 Å². The molecule has 2 N–H and O–H groups in total. The van der Waals surface area contributed by atoms with Crippen LogP contribution in [-0.2, 0) is 27.4 Å². The minimum Gasteiger partial charge on any atom is -0.460 e. The lowest BCUT2D eigenvalue weighted by Crippen LogP contribution is -2.56. The third-order valence-corrected chi connectivity index (χ3v) is 10.2. The number of aromatic amines is 1. The monoisotopic (exact) mass is 700 g/mol. The van der Waals surface area contributed by atoms with E-state index in [1.165, 1.54) is 18.3 Å². The lowest BCUT2D eigenvalue weighted by molar-refractivity contribution is -0.164. The van der Waals surface area contributed by atoms with Gasteiger partial charge in [0.05, 0.1) is 11.5 Å². The van der Waals surface area contributed by atoms with Crippen LogP contribution in [0.25, 0.3) is 0 Å². The number of ether oxygens (including phenoxy) is 1. The quantitative estimate of drug-likeness (QED) is 0.156. The van der Waals surface area contributed by atoms with Gasteiger partial charge >= 0.3 is 5.97 Å². The fraction of sp³-hybridized carbons (Fsp3) is 0.359. The first-order valence-corrected chi connectivity index (χ1v) is 17.3. The number of esters is 1. The van der Waals surface area contributed by atoms with E-state index in [0.29, 0.717) is 48.8 Å². The zero-order valence-corrected chi connectivity index (χ0v) is 29.4. The molecule has 0 radical (unpaired) electrons. The van der Waals surface area contributed by atoms with Gasteiger partial charge in [-0.25, -0.2) is 9.49 Å². The van der Waals surface area contributed by atoms with Crippen LogP contribution in [0.3, 0.4) is 0 Å². The van der Waals surface area contributed by atoms with Crippen molar-refractivity contribution < 1.29 is 23.5 Å². The number of aromatic nitrogens is 2. The number of carbonyl (C=O) groups is 3. The van der Waals surface area contributed by atoms with E-state index in [1.54, 1.807) is 42.2 Å². The number of aryl methyl sites for hydroxylation is 1. The molecule has 9 nitrogen and oxygen atoms in total. The van der Waals surface area contributed by atoms with Crippen molar-refractivity contribution in [2.75, 3.05) is 0 Å². The Hall–Kier alpha value is -4.83. The number of benzene rings is 3. The molecule has 3 aromatic carbocycles. The molecule has 0 bridgehead atoms. The Bertz CT molecular complexity index is 1890. The van der Waals surface area contributed by atoms with E-state index in [2.05, 4.69) is 15.5 Å². The molecule has 5 rings (SSSR count). The van der Waals surface area contributed by atoms with Crippen molar-refractivity contribution in [3.05, 3.63) is 134 Å². The van der Waals surface area contributed by atoms with Crippen LogP contribution in [0.2, 0.25) is 5.02 Å². The molecule has 1 aromatic heterocycles. The van der Waals surface area contributed by atoms with E-state index in [-0.39, 0.29) is 17.2 Å². The molecule has 11 heteroatoms. The van der Waals surface area contributed by atoms with Gasteiger partial charge in [-0.05, 0) is 98.2 Å². The number of hydrogen-bond donors (Lipinski definition) is 2. The number of nitrogens with zero attached hydrogens (tertiary/aromatic N) is 2. The Balaban J connectivity index is 1.41. The van der Waals surface area contributed by atoms with Gasteiger partial charge in [0.25, 0.3) is 11.5 Å². The fourth-order valence-electron chi connectivity index (χ4n) is 7.08. The largest absolute Gasteiger partial charge is 0.460 e. The Morgan fingerprint density at radius 1 is 1.04 bits per heavy atom. The third kappa shape index (κ3) is 7.81. The standard InChI is InChI=1S/C39H42ClFN4O5/c1-5-39(6-2,38(49)50-23-26-10-8-7-9-11-26)34-15-14-33(30-20-31(40)22-32(41)21-30)45(34)37(48)25(4)43-35(46)28-13-12-27(24(3)18-28)19-29-16-17-42-44-36(29)47/h7-13,16-18,20-22,25,33-34H,5-6,14-15,19,23H2,1-4H3,(H,43,46)(H,44,47)/t25-,33+,34-/m1/s1. The lowest BCUT2D eigenvalue weighted by atomic mass is 9.74. The molecular weight excluding hydrogens is 659 g/mol. The maximum atomic E-state index is 14.6. The van der Waals surface area contributed by atoms with Crippen LogP contribution in [0.1, 0.15) is 90.7 Å². The minimum absolute atomic E-state index is 0.0920. The summed E-state index contributed by atoms with van der Waals surface area (Å²) >= 11 is 6.27. The van der Waals surface area contributed by atoms with Crippen molar-refractivity contribution in [1.29, 1.82) is 0 Å². The van der Waals surface area contributed by atoms with Gasteiger partial charge in [-0.2, -0.15) is 5.10 Å². The predicted octanol–water partition coefficient (Wildman–Crippen LogP) is 6.86. The molecular formula is C39H42ClFN4O5. The highest BCUT2D eigenvalue weighted by Crippen LogP contribution is 2.48. The summed E-state index contributed by atoms with van der Waals surface area (Å²) in [6, 6.07) is 18.2. The van der Waals surface area contributed by atoms with Crippen molar-refractivity contribution in [1.82, 2.24) is 20.4 Å². The summed E-state index contributed by atoms with van der Waals surface area (Å²) in [5.74, 6) is -1.80. The van der Waals surface area contributed by atoms with Gasteiger partial charge in [-0.1, -0.05) is 61.8 Å². The zero-order valence-electron chi connectivity index (χ0n) is 28.7. The van der Waals surface area contributed by atoms with Crippen LogP contribution in [0, 0.1) is 18.2 Å². The fourth-order valence-corrected chi connectivity index (χ4v) is 7.31. The number of halogens is 2. The van der Waals surface area contributed by atoms with Crippen molar-refractivity contribution in [2.24, 2.45) is 5.41 Å². The maximum Gasteiger partial charge on any atom is 0.314 e. The van der Waals surface area contributed by atoms with Crippen LogP contribution in [0.15, 0.2) is 83.8 Å². The van der Waals surface area contributed by atoms with Crippen molar-refractivity contribution in [2.45, 2.75) is 84.5 Å². The number of carbonyl (C=O) groups excluding carboxylic acids is 3. The number of likely N-dealkylation sites (tertiary alicyclic amines) is 1. The topological polar surface area (TPSA) is 121 Å². The molecule has 0 saturated carbocycles. The van der Waals surface area contributed by atoms with E-state index in [1.807, 2.05) is 51.1 Å². The minimum atomic E-state index is -1.05. The zero-order chi connectivity index (χ0) is 36.0. The van der Waals surface area contributed by atoms with Crippen LogP contribution in [-0.4, -0.2) is 45.0 Å². The van der Waals surface area contributed by atoms with Crippen molar-refractivity contribution in [3.63, 3.8) is 0 Å². The third-order valence-electron chi connectivity index (χ3n) is 9.94. The summed E-state index contributed by atoms with van der Waals surface area (Å²) in [7, 11) is 0. The average Bonchev–Trinajstić information content (AvgIpc) is 3.55. The molecule has 0 unspecified atom stereocenters. The molecule has 4 aromatic rings. The summed E-state index contributed by atoms with van der Waals surface area (Å²) in [4.78, 5) is 55.8. The average molecular weight is 701 g/mol. The Kier molecular flexibility index (Phi) is 11.5. The molecule has 1 aliphatic rings. The predicted molar refractivity (Wildman–Crippen MR) is 189 cm³/mol. The number of nitrogens with one attached hydrogen (secondary N) is 2. The lowest BCUT2D eigenvalue weighted by Gasteiger charge is -2.43. The molecule has 2 heterocycles. The molecule has 50 heavy (non-hydrogen) atoms. The van der Waals surface area contributed by atoms with E-state index >= 15 is 0 Å². The Labute approximate surface area is 296 Å². The number of amides is 2. The first-order valence-electron chi connectivity index (χ1n) is 16.9. The first-order chi connectivity index (χ1) is 24.0. The molecule has 1 aliphatic heterocycles. The molecule has 3 atom stereocenters. The maximum absolute atomic E-state index is 14.6. The highest BCUT2D eigenvalue weighted by molar-refractivity contribution is 6.30. The summed E-state index contributed by atoms with van der Waals surface area (Å²) in [5.41, 5.74) is 2.61.